The van der Waals surface area contributed by atoms with E-state index in [0.717, 1.165) is 5.25 Å². The van der Waals surface area contributed by atoms with E-state index in [2.05, 4.69) is 18.7 Å². The quantitative estimate of drug-likeness (QED) is 0.548. The van der Waals surface area contributed by atoms with Crippen molar-refractivity contribution >= 4 is 11.8 Å². The molecule has 0 bridgehead atoms. The van der Waals surface area contributed by atoms with E-state index in [1.54, 1.807) is 0 Å². The number of hydrogen-bond donors (Lipinski definition) is 0. The van der Waals surface area contributed by atoms with Gasteiger partial charge in [-0.2, -0.15) is 11.8 Å². The Morgan fingerprint density at radius 2 is 1.73 bits per heavy atom. The van der Waals surface area contributed by atoms with Crippen LogP contribution in [0.25, 0.3) is 0 Å². The molecule has 0 spiro atoms. The van der Waals surface area contributed by atoms with Crippen LogP contribution in [0, 0.1) is 0 Å². The summed E-state index contributed by atoms with van der Waals surface area (Å²) < 4.78 is 0. The molecule has 0 saturated carbocycles. The molecule has 0 aromatic heterocycles. The summed E-state index contributed by atoms with van der Waals surface area (Å²) >= 11 is 2.26. The first-order valence-corrected chi connectivity index (χ1v) is 8.10. The molecule has 1 atom stereocenters. The molecule has 1 aliphatic heterocycles. The lowest BCUT2D eigenvalue weighted by molar-refractivity contribution is 0.550. The highest BCUT2D eigenvalue weighted by atomic mass is 32.2. The molecule has 0 nitrogen and oxygen atoms in total. The van der Waals surface area contributed by atoms with E-state index >= 15 is 0 Å². The standard InChI is InChI=1S/C14H28S/c1-2-3-4-5-8-11-14-12-9-6-7-10-13-15-14/h14H,2-13H2,1H3. The summed E-state index contributed by atoms with van der Waals surface area (Å²) in [6.45, 7) is 2.30. The Bertz CT molecular complexity index is 125. The SMILES string of the molecule is CCCCCCCC1CCCCCCS1. The maximum Gasteiger partial charge on any atom is 0.00470 e. The average Bonchev–Trinajstić information content (AvgIpc) is 2.20. The van der Waals surface area contributed by atoms with Crippen LogP contribution in [0.15, 0.2) is 0 Å². The largest absolute Gasteiger partial charge is 0.159 e. The highest BCUT2D eigenvalue weighted by molar-refractivity contribution is 7.99. The Balaban J connectivity index is 1.97. The first kappa shape index (κ1) is 13.4. The Morgan fingerprint density at radius 1 is 0.933 bits per heavy atom. The van der Waals surface area contributed by atoms with E-state index in [1.165, 1.54) is 76.4 Å². The zero-order chi connectivity index (χ0) is 10.8. The summed E-state index contributed by atoms with van der Waals surface area (Å²) in [7, 11) is 0. The van der Waals surface area contributed by atoms with Gasteiger partial charge in [0.05, 0.1) is 0 Å². The summed E-state index contributed by atoms with van der Waals surface area (Å²) in [5.41, 5.74) is 0. The summed E-state index contributed by atoms with van der Waals surface area (Å²) in [5, 5.41) is 1.01. The van der Waals surface area contributed by atoms with E-state index < -0.39 is 0 Å². The molecule has 1 heteroatoms. The first-order valence-electron chi connectivity index (χ1n) is 7.05. The van der Waals surface area contributed by atoms with Gasteiger partial charge in [-0.1, -0.05) is 58.3 Å². The van der Waals surface area contributed by atoms with Crippen LogP contribution in [0.3, 0.4) is 0 Å². The van der Waals surface area contributed by atoms with Gasteiger partial charge in [-0.15, -0.1) is 0 Å². The van der Waals surface area contributed by atoms with E-state index in [1.807, 2.05) is 0 Å². The molecule has 1 fully saturated rings. The second-order valence-corrected chi connectivity index (χ2v) is 6.31. The fraction of sp³-hybridized carbons (Fsp3) is 1.00. The number of unbranched alkanes of at least 4 members (excludes halogenated alkanes) is 4. The zero-order valence-electron chi connectivity index (χ0n) is 10.5. The third kappa shape index (κ3) is 7.27. The van der Waals surface area contributed by atoms with Gasteiger partial charge in [-0.25, -0.2) is 0 Å². The molecule has 1 aliphatic rings. The Labute approximate surface area is 101 Å². The lowest BCUT2D eigenvalue weighted by Crippen LogP contribution is -2.06. The Hall–Kier alpha value is 0.350. The van der Waals surface area contributed by atoms with Gasteiger partial charge in [0, 0.05) is 5.25 Å². The van der Waals surface area contributed by atoms with Gasteiger partial charge in [0.15, 0.2) is 0 Å². The van der Waals surface area contributed by atoms with Crippen molar-refractivity contribution in [1.29, 1.82) is 0 Å². The van der Waals surface area contributed by atoms with E-state index in [-0.39, 0.29) is 0 Å². The second-order valence-electron chi connectivity index (χ2n) is 4.90. The molecule has 1 unspecified atom stereocenters. The molecule has 1 rings (SSSR count). The molecule has 1 heterocycles. The molecular formula is C14H28S. The van der Waals surface area contributed by atoms with Crippen LogP contribution in [0.5, 0.6) is 0 Å². The normalized spacial score (nSPS) is 23.4. The molecular weight excluding hydrogens is 200 g/mol. The topological polar surface area (TPSA) is 0 Å². The van der Waals surface area contributed by atoms with Crippen LogP contribution in [0.2, 0.25) is 0 Å². The molecule has 0 radical (unpaired) electrons. The molecule has 0 N–H and O–H groups in total. The predicted octanol–water partition coefficient (Wildman–Crippen LogP) is 5.41. The van der Waals surface area contributed by atoms with Crippen molar-refractivity contribution in [1.82, 2.24) is 0 Å². The summed E-state index contributed by atoms with van der Waals surface area (Å²) in [6.07, 6.45) is 16.2. The zero-order valence-corrected chi connectivity index (χ0v) is 11.3. The minimum Gasteiger partial charge on any atom is -0.159 e. The highest BCUT2D eigenvalue weighted by Crippen LogP contribution is 2.27. The third-order valence-corrected chi connectivity index (χ3v) is 4.87. The van der Waals surface area contributed by atoms with Crippen LogP contribution in [-0.4, -0.2) is 11.0 Å². The van der Waals surface area contributed by atoms with Crippen LogP contribution < -0.4 is 0 Å². The van der Waals surface area contributed by atoms with Crippen molar-refractivity contribution in [3.8, 4) is 0 Å². The monoisotopic (exact) mass is 228 g/mol. The van der Waals surface area contributed by atoms with Gasteiger partial charge in [0.1, 0.15) is 0 Å². The molecule has 1 saturated heterocycles. The molecule has 90 valence electrons. The molecule has 0 aromatic carbocycles. The smallest absolute Gasteiger partial charge is 0.00470 e. The van der Waals surface area contributed by atoms with E-state index in [9.17, 15) is 0 Å². The fourth-order valence-corrected chi connectivity index (χ4v) is 3.73. The van der Waals surface area contributed by atoms with Gasteiger partial charge >= 0.3 is 0 Å². The molecule has 15 heavy (non-hydrogen) atoms. The number of thioether (sulfide) groups is 1. The van der Waals surface area contributed by atoms with Gasteiger partial charge in [0.25, 0.3) is 0 Å². The maximum absolute atomic E-state index is 2.30. The number of rotatable bonds is 6. The fourth-order valence-electron chi connectivity index (χ4n) is 2.36. The first-order chi connectivity index (χ1) is 7.43. The maximum atomic E-state index is 2.30. The predicted molar refractivity (Wildman–Crippen MR) is 72.7 cm³/mol. The van der Waals surface area contributed by atoms with Crippen molar-refractivity contribution in [2.75, 3.05) is 5.75 Å². The highest BCUT2D eigenvalue weighted by Gasteiger charge is 2.10. The van der Waals surface area contributed by atoms with Crippen molar-refractivity contribution < 1.29 is 0 Å². The van der Waals surface area contributed by atoms with E-state index in [4.69, 9.17) is 0 Å². The summed E-state index contributed by atoms with van der Waals surface area (Å²) in [5.74, 6) is 1.43. The van der Waals surface area contributed by atoms with Crippen molar-refractivity contribution in [3.05, 3.63) is 0 Å². The Morgan fingerprint density at radius 3 is 2.60 bits per heavy atom. The van der Waals surface area contributed by atoms with Crippen molar-refractivity contribution in [2.45, 2.75) is 82.8 Å². The Kier molecular flexibility index (Phi) is 8.56. The molecule has 0 aromatic rings. The lowest BCUT2D eigenvalue weighted by Gasteiger charge is -2.19. The average molecular weight is 228 g/mol. The van der Waals surface area contributed by atoms with Crippen molar-refractivity contribution in [3.63, 3.8) is 0 Å². The van der Waals surface area contributed by atoms with Gasteiger partial charge in [-0.05, 0) is 25.0 Å². The lowest BCUT2D eigenvalue weighted by atomic mass is 10.0. The minimum absolute atomic E-state index is 1.01. The van der Waals surface area contributed by atoms with Crippen LogP contribution in [0.1, 0.15) is 77.6 Å². The van der Waals surface area contributed by atoms with Gasteiger partial charge in [-0.3, -0.25) is 0 Å². The number of hydrogen-bond acceptors (Lipinski definition) is 1. The van der Waals surface area contributed by atoms with Gasteiger partial charge in [0.2, 0.25) is 0 Å². The van der Waals surface area contributed by atoms with Crippen molar-refractivity contribution in [2.24, 2.45) is 0 Å². The van der Waals surface area contributed by atoms with Crippen LogP contribution in [-0.2, 0) is 0 Å². The molecule has 0 aliphatic carbocycles. The second kappa shape index (κ2) is 9.57. The van der Waals surface area contributed by atoms with E-state index in [0.29, 0.717) is 0 Å². The summed E-state index contributed by atoms with van der Waals surface area (Å²) in [4.78, 5) is 0. The van der Waals surface area contributed by atoms with Crippen LogP contribution >= 0.6 is 11.8 Å². The third-order valence-electron chi connectivity index (χ3n) is 3.40. The molecule has 0 amide bonds. The van der Waals surface area contributed by atoms with Crippen LogP contribution in [0.4, 0.5) is 0 Å². The van der Waals surface area contributed by atoms with Gasteiger partial charge < -0.3 is 0 Å². The minimum atomic E-state index is 1.01. The summed E-state index contributed by atoms with van der Waals surface area (Å²) in [6, 6.07) is 0.